The van der Waals surface area contributed by atoms with E-state index in [1.54, 1.807) is 0 Å². The number of hydrogen-bond donors (Lipinski definition) is 1. The number of anilines is 1. The van der Waals surface area contributed by atoms with E-state index in [1.165, 1.54) is 16.7 Å². The predicted octanol–water partition coefficient (Wildman–Crippen LogP) is 5.14. The fraction of sp³-hybridized carbons (Fsp3) is 0.308. The van der Waals surface area contributed by atoms with Crippen LogP contribution >= 0.6 is 0 Å². The van der Waals surface area contributed by atoms with Crippen molar-refractivity contribution in [3.63, 3.8) is 0 Å². The van der Waals surface area contributed by atoms with Crippen LogP contribution in [0.5, 0.6) is 0 Å². The summed E-state index contributed by atoms with van der Waals surface area (Å²) in [7, 11) is 2.19. The van der Waals surface area contributed by atoms with E-state index in [9.17, 15) is 10.1 Å². The fourth-order valence-electron chi connectivity index (χ4n) is 5.29. The molecule has 1 aliphatic heterocycles. The van der Waals surface area contributed by atoms with E-state index in [4.69, 9.17) is 0 Å². The predicted molar refractivity (Wildman–Crippen MR) is 124 cm³/mol. The Bertz CT molecular complexity index is 1110. The van der Waals surface area contributed by atoms with Gasteiger partial charge < -0.3 is 10.2 Å². The molecule has 1 heterocycles. The summed E-state index contributed by atoms with van der Waals surface area (Å²) in [6.07, 6.45) is 3.03. The highest BCUT2D eigenvalue weighted by atomic mass is 16.6. The molecule has 0 unspecified atom stereocenters. The van der Waals surface area contributed by atoms with Gasteiger partial charge in [-0.3, -0.25) is 10.1 Å². The standard InChI is InChI=1S/C26H27N3O2/c1-28-14-13-20-15-25(29(30)31)23(27-17-18-7-3-2-4-8-18)16-22(20)26-21-10-6-5-9-19(21)11-12-24(26)28/h2-10,15-16,24,26-27H,11-14,17H2,1H3/t24-,26+/m0/s1. The third-order valence-electron chi connectivity index (χ3n) is 6.90. The van der Waals surface area contributed by atoms with Gasteiger partial charge in [-0.05, 0) is 60.2 Å². The lowest BCUT2D eigenvalue weighted by atomic mass is 9.74. The molecule has 0 radical (unpaired) electrons. The Morgan fingerprint density at radius 1 is 1.00 bits per heavy atom. The minimum atomic E-state index is -0.255. The van der Waals surface area contributed by atoms with Crippen molar-refractivity contribution in [2.45, 2.75) is 37.8 Å². The number of hydrogen-bond acceptors (Lipinski definition) is 4. The third-order valence-corrected chi connectivity index (χ3v) is 6.90. The number of benzene rings is 3. The van der Waals surface area contributed by atoms with Gasteiger partial charge in [0.25, 0.3) is 5.69 Å². The van der Waals surface area contributed by atoms with Crippen LogP contribution in [-0.2, 0) is 19.4 Å². The lowest BCUT2D eigenvalue weighted by Crippen LogP contribution is -2.39. The molecule has 158 valence electrons. The first-order valence-electron chi connectivity index (χ1n) is 11.0. The quantitative estimate of drug-likeness (QED) is 0.475. The number of nitrogens with one attached hydrogen (secondary N) is 1. The topological polar surface area (TPSA) is 58.4 Å². The van der Waals surface area contributed by atoms with Gasteiger partial charge in [0, 0.05) is 31.1 Å². The van der Waals surface area contributed by atoms with E-state index in [1.807, 2.05) is 36.4 Å². The highest BCUT2D eigenvalue weighted by Crippen LogP contribution is 2.44. The summed E-state index contributed by atoms with van der Waals surface area (Å²) >= 11 is 0. The van der Waals surface area contributed by atoms with Crippen molar-refractivity contribution >= 4 is 11.4 Å². The molecule has 0 saturated heterocycles. The number of nitro groups is 1. The molecule has 0 bridgehead atoms. The Balaban J connectivity index is 1.61. The first-order valence-corrected chi connectivity index (χ1v) is 11.0. The van der Waals surface area contributed by atoms with Crippen molar-refractivity contribution in [3.05, 3.63) is 105 Å². The third kappa shape index (κ3) is 3.70. The van der Waals surface area contributed by atoms with Gasteiger partial charge in [0.15, 0.2) is 0 Å². The second kappa shape index (κ2) is 8.16. The number of rotatable bonds is 4. The Kier molecular flexibility index (Phi) is 5.20. The molecular formula is C26H27N3O2. The van der Waals surface area contributed by atoms with Gasteiger partial charge in [-0.15, -0.1) is 0 Å². The van der Waals surface area contributed by atoms with Crippen LogP contribution in [0.4, 0.5) is 11.4 Å². The normalized spacial score (nSPS) is 20.2. The summed E-state index contributed by atoms with van der Waals surface area (Å²) in [5.74, 6) is 0.241. The smallest absolute Gasteiger partial charge is 0.292 e. The van der Waals surface area contributed by atoms with Crippen molar-refractivity contribution in [2.75, 3.05) is 18.9 Å². The van der Waals surface area contributed by atoms with E-state index in [0.717, 1.165) is 36.9 Å². The maximum absolute atomic E-state index is 11.9. The zero-order valence-corrected chi connectivity index (χ0v) is 17.8. The maximum atomic E-state index is 11.9. The number of likely N-dealkylation sites (N-methyl/N-ethyl adjacent to an activating group) is 1. The molecule has 1 aliphatic carbocycles. The van der Waals surface area contributed by atoms with Gasteiger partial charge in [0.2, 0.25) is 0 Å². The largest absolute Gasteiger partial charge is 0.375 e. The van der Waals surface area contributed by atoms with Crippen LogP contribution in [0, 0.1) is 10.1 Å². The van der Waals surface area contributed by atoms with Gasteiger partial charge in [-0.25, -0.2) is 0 Å². The molecular weight excluding hydrogens is 386 g/mol. The summed E-state index contributed by atoms with van der Waals surface area (Å²) in [4.78, 5) is 14.1. The molecule has 0 amide bonds. The molecule has 5 nitrogen and oxygen atoms in total. The molecule has 5 rings (SSSR count). The van der Waals surface area contributed by atoms with Crippen LogP contribution in [-0.4, -0.2) is 29.5 Å². The Labute approximate surface area is 182 Å². The molecule has 5 heteroatoms. The number of nitrogens with zero attached hydrogens (tertiary/aromatic N) is 2. The van der Waals surface area contributed by atoms with E-state index >= 15 is 0 Å². The van der Waals surface area contributed by atoms with Gasteiger partial charge in [0.05, 0.1) is 4.92 Å². The van der Waals surface area contributed by atoms with Crippen LogP contribution in [0.15, 0.2) is 66.7 Å². The summed E-state index contributed by atoms with van der Waals surface area (Å²) in [5, 5.41) is 15.3. The van der Waals surface area contributed by atoms with Gasteiger partial charge >= 0.3 is 0 Å². The first kappa shape index (κ1) is 19.8. The zero-order valence-electron chi connectivity index (χ0n) is 17.8. The van der Waals surface area contributed by atoms with E-state index < -0.39 is 0 Å². The van der Waals surface area contributed by atoms with Crippen LogP contribution < -0.4 is 5.32 Å². The molecule has 0 spiro atoms. The average molecular weight is 414 g/mol. The lowest BCUT2D eigenvalue weighted by molar-refractivity contribution is -0.384. The molecule has 0 fully saturated rings. The number of nitro benzene ring substituents is 1. The van der Waals surface area contributed by atoms with Crippen molar-refractivity contribution in [1.82, 2.24) is 4.90 Å². The van der Waals surface area contributed by atoms with Crippen LogP contribution in [0.3, 0.4) is 0 Å². The van der Waals surface area contributed by atoms with E-state index in [2.05, 4.69) is 47.6 Å². The number of fused-ring (bicyclic) bond motifs is 5. The fourth-order valence-corrected chi connectivity index (χ4v) is 5.29. The average Bonchev–Trinajstić information content (AvgIpc) is 2.94. The van der Waals surface area contributed by atoms with Crippen LogP contribution in [0.2, 0.25) is 0 Å². The van der Waals surface area contributed by atoms with Crippen molar-refractivity contribution in [1.29, 1.82) is 0 Å². The Hall–Kier alpha value is -3.18. The van der Waals surface area contributed by atoms with Crippen molar-refractivity contribution in [3.8, 4) is 0 Å². The van der Waals surface area contributed by atoms with E-state index in [-0.39, 0.29) is 16.5 Å². The SMILES string of the molecule is CN1CCc2cc([N+](=O)[O-])c(NCc3ccccc3)cc2[C@H]2c3ccccc3CC[C@@H]21. The summed E-state index contributed by atoms with van der Waals surface area (Å²) in [5.41, 5.74) is 7.00. The number of aryl methyl sites for hydroxylation is 1. The highest BCUT2D eigenvalue weighted by molar-refractivity contribution is 5.67. The summed E-state index contributed by atoms with van der Waals surface area (Å²) in [6, 6.07) is 23.0. The van der Waals surface area contributed by atoms with Gasteiger partial charge in [-0.2, -0.15) is 0 Å². The van der Waals surface area contributed by atoms with Crippen molar-refractivity contribution < 1.29 is 4.92 Å². The highest BCUT2D eigenvalue weighted by Gasteiger charge is 2.37. The second-order valence-corrected chi connectivity index (χ2v) is 8.68. The maximum Gasteiger partial charge on any atom is 0.292 e. The molecule has 3 aromatic carbocycles. The zero-order chi connectivity index (χ0) is 21.4. The molecule has 31 heavy (non-hydrogen) atoms. The Morgan fingerprint density at radius 2 is 1.77 bits per heavy atom. The minimum Gasteiger partial charge on any atom is -0.375 e. The molecule has 0 aromatic heterocycles. The van der Waals surface area contributed by atoms with Crippen LogP contribution in [0.25, 0.3) is 0 Å². The van der Waals surface area contributed by atoms with E-state index in [0.29, 0.717) is 18.3 Å². The molecule has 0 saturated carbocycles. The molecule has 3 aromatic rings. The lowest BCUT2D eigenvalue weighted by Gasteiger charge is -2.38. The van der Waals surface area contributed by atoms with Gasteiger partial charge in [-0.1, -0.05) is 54.6 Å². The monoisotopic (exact) mass is 413 g/mol. The van der Waals surface area contributed by atoms with Crippen molar-refractivity contribution in [2.24, 2.45) is 0 Å². The summed E-state index contributed by atoms with van der Waals surface area (Å²) < 4.78 is 0. The Morgan fingerprint density at radius 3 is 2.58 bits per heavy atom. The van der Waals surface area contributed by atoms with Crippen LogP contribution in [0.1, 0.15) is 40.2 Å². The summed E-state index contributed by atoms with van der Waals surface area (Å²) in [6.45, 7) is 1.48. The second-order valence-electron chi connectivity index (χ2n) is 8.68. The van der Waals surface area contributed by atoms with Gasteiger partial charge in [0.1, 0.15) is 5.69 Å². The molecule has 2 atom stereocenters. The molecule has 1 N–H and O–H groups in total. The minimum absolute atomic E-state index is 0.167. The molecule has 2 aliphatic rings. The first-order chi connectivity index (χ1) is 15.1.